The fourth-order valence-corrected chi connectivity index (χ4v) is 1.09. The maximum atomic E-state index is 13.2. The minimum atomic E-state index is -1.18. The third-order valence-electron chi connectivity index (χ3n) is 1.74. The molecule has 0 atom stereocenters. The molecule has 0 heterocycles. The molecular formula is C10H9FO3. The van der Waals surface area contributed by atoms with Crippen molar-refractivity contribution in [2.45, 2.75) is 13.3 Å². The maximum absolute atomic E-state index is 13.2. The molecule has 3 nitrogen and oxygen atoms in total. The lowest BCUT2D eigenvalue weighted by molar-refractivity contribution is -0.116. The number of benzene rings is 1. The van der Waals surface area contributed by atoms with Gasteiger partial charge in [0.1, 0.15) is 11.6 Å². The monoisotopic (exact) mass is 196 g/mol. The summed E-state index contributed by atoms with van der Waals surface area (Å²) in [7, 11) is 0. The first-order valence-corrected chi connectivity index (χ1v) is 4.02. The van der Waals surface area contributed by atoms with Crippen molar-refractivity contribution in [3.05, 3.63) is 35.1 Å². The second-order valence-electron chi connectivity index (χ2n) is 2.99. The SMILES string of the molecule is CC(=O)Cc1ccc(C(=O)O)cc1F. The molecule has 1 aromatic rings. The molecule has 0 amide bonds. The summed E-state index contributed by atoms with van der Waals surface area (Å²) in [5, 5.41) is 8.55. The van der Waals surface area contributed by atoms with Gasteiger partial charge in [-0.05, 0) is 24.6 Å². The highest BCUT2D eigenvalue weighted by Gasteiger charge is 2.09. The zero-order valence-corrected chi connectivity index (χ0v) is 7.58. The molecule has 0 saturated carbocycles. The highest BCUT2D eigenvalue weighted by molar-refractivity contribution is 5.87. The quantitative estimate of drug-likeness (QED) is 0.799. The van der Waals surface area contributed by atoms with Crippen LogP contribution in [-0.2, 0) is 11.2 Å². The Morgan fingerprint density at radius 2 is 2.07 bits per heavy atom. The molecule has 0 aliphatic rings. The van der Waals surface area contributed by atoms with Gasteiger partial charge in [0.2, 0.25) is 0 Å². The van der Waals surface area contributed by atoms with E-state index < -0.39 is 11.8 Å². The molecule has 1 aromatic carbocycles. The van der Waals surface area contributed by atoms with Crippen molar-refractivity contribution in [2.24, 2.45) is 0 Å². The molecule has 0 bridgehead atoms. The average molecular weight is 196 g/mol. The predicted octanol–water partition coefficient (Wildman–Crippen LogP) is 1.66. The molecule has 0 fully saturated rings. The molecule has 1 rings (SSSR count). The van der Waals surface area contributed by atoms with E-state index in [0.717, 1.165) is 6.07 Å². The predicted molar refractivity (Wildman–Crippen MR) is 47.7 cm³/mol. The van der Waals surface area contributed by atoms with Crippen LogP contribution in [0.4, 0.5) is 4.39 Å². The van der Waals surface area contributed by atoms with Crippen molar-refractivity contribution in [3.8, 4) is 0 Å². The number of carbonyl (C=O) groups excluding carboxylic acids is 1. The molecule has 0 aliphatic heterocycles. The van der Waals surface area contributed by atoms with Gasteiger partial charge in [0.15, 0.2) is 0 Å². The molecule has 0 saturated heterocycles. The van der Waals surface area contributed by atoms with Gasteiger partial charge in [-0.2, -0.15) is 0 Å². The molecule has 74 valence electrons. The summed E-state index contributed by atoms with van der Waals surface area (Å²) in [6, 6.07) is 3.52. The first kappa shape index (κ1) is 10.4. The number of carboxylic acid groups (broad SMARTS) is 1. The fraction of sp³-hybridized carbons (Fsp3) is 0.200. The number of aromatic carboxylic acids is 1. The topological polar surface area (TPSA) is 54.4 Å². The van der Waals surface area contributed by atoms with Crippen LogP contribution in [0.2, 0.25) is 0 Å². The Kier molecular flexibility index (Phi) is 2.96. The zero-order chi connectivity index (χ0) is 10.7. The molecule has 0 aliphatic carbocycles. The van der Waals surface area contributed by atoms with E-state index in [1.807, 2.05) is 0 Å². The lowest BCUT2D eigenvalue weighted by atomic mass is 10.1. The lowest BCUT2D eigenvalue weighted by Crippen LogP contribution is -2.02. The number of hydrogen-bond acceptors (Lipinski definition) is 2. The highest BCUT2D eigenvalue weighted by atomic mass is 19.1. The fourth-order valence-electron chi connectivity index (χ4n) is 1.09. The van der Waals surface area contributed by atoms with Crippen LogP contribution in [0.3, 0.4) is 0 Å². The van der Waals surface area contributed by atoms with Crippen LogP contribution in [0.15, 0.2) is 18.2 Å². The Labute approximate surface area is 80.2 Å². The molecule has 0 radical (unpaired) electrons. The van der Waals surface area contributed by atoms with Crippen molar-refractivity contribution >= 4 is 11.8 Å². The van der Waals surface area contributed by atoms with Crippen molar-refractivity contribution in [3.63, 3.8) is 0 Å². The summed E-state index contributed by atoms with van der Waals surface area (Å²) in [5.41, 5.74) is 0.109. The van der Waals surface area contributed by atoms with Crippen LogP contribution in [0.1, 0.15) is 22.8 Å². The molecular weight excluding hydrogens is 187 g/mol. The van der Waals surface area contributed by atoms with Crippen LogP contribution in [0.25, 0.3) is 0 Å². The third-order valence-corrected chi connectivity index (χ3v) is 1.74. The Bertz CT molecular complexity index is 385. The van der Waals surface area contributed by atoms with Gasteiger partial charge in [-0.15, -0.1) is 0 Å². The number of Topliss-reactive ketones (excluding diaryl/α,β-unsaturated/α-hetero) is 1. The average Bonchev–Trinajstić information content (AvgIpc) is 2.07. The largest absolute Gasteiger partial charge is 0.478 e. The first-order valence-electron chi connectivity index (χ1n) is 4.02. The van der Waals surface area contributed by atoms with E-state index in [-0.39, 0.29) is 23.3 Å². The van der Waals surface area contributed by atoms with Crippen molar-refractivity contribution < 1.29 is 19.1 Å². The minimum absolute atomic E-state index is 0.00820. The van der Waals surface area contributed by atoms with Crippen LogP contribution < -0.4 is 0 Å². The summed E-state index contributed by atoms with van der Waals surface area (Å²) in [6.07, 6.45) is -0.00820. The van der Waals surface area contributed by atoms with E-state index in [2.05, 4.69) is 0 Å². The maximum Gasteiger partial charge on any atom is 0.335 e. The van der Waals surface area contributed by atoms with E-state index in [1.54, 1.807) is 0 Å². The summed E-state index contributed by atoms with van der Waals surface area (Å²) in [5.74, 6) is -2.00. The molecule has 1 N–H and O–H groups in total. The minimum Gasteiger partial charge on any atom is -0.478 e. The van der Waals surface area contributed by atoms with E-state index in [9.17, 15) is 14.0 Å². The second kappa shape index (κ2) is 4.00. The van der Waals surface area contributed by atoms with Crippen LogP contribution in [0.5, 0.6) is 0 Å². The van der Waals surface area contributed by atoms with Gasteiger partial charge in [-0.3, -0.25) is 4.79 Å². The van der Waals surface area contributed by atoms with Crippen molar-refractivity contribution in [1.29, 1.82) is 0 Å². The van der Waals surface area contributed by atoms with Gasteiger partial charge in [-0.1, -0.05) is 6.07 Å². The van der Waals surface area contributed by atoms with Gasteiger partial charge < -0.3 is 5.11 Å². The number of carbonyl (C=O) groups is 2. The van der Waals surface area contributed by atoms with E-state index >= 15 is 0 Å². The van der Waals surface area contributed by atoms with Gasteiger partial charge in [0.05, 0.1) is 5.56 Å². The Balaban J connectivity index is 3.01. The summed E-state index contributed by atoms with van der Waals surface area (Å²) in [4.78, 5) is 21.2. The summed E-state index contributed by atoms with van der Waals surface area (Å²) in [6.45, 7) is 1.35. The summed E-state index contributed by atoms with van der Waals surface area (Å²) < 4.78 is 13.2. The molecule has 0 aromatic heterocycles. The number of ketones is 1. The molecule has 0 unspecified atom stereocenters. The standard InChI is InChI=1S/C10H9FO3/c1-6(12)4-7-2-3-8(10(13)14)5-9(7)11/h2-3,5H,4H2,1H3,(H,13,14). The normalized spacial score (nSPS) is 9.86. The van der Waals surface area contributed by atoms with Crippen molar-refractivity contribution in [1.82, 2.24) is 0 Å². The zero-order valence-electron chi connectivity index (χ0n) is 7.58. The van der Waals surface area contributed by atoms with Gasteiger partial charge >= 0.3 is 5.97 Å². The lowest BCUT2D eigenvalue weighted by Gasteiger charge is -2.01. The van der Waals surface area contributed by atoms with E-state index in [1.165, 1.54) is 19.1 Å². The smallest absolute Gasteiger partial charge is 0.335 e. The van der Waals surface area contributed by atoms with Crippen LogP contribution in [-0.4, -0.2) is 16.9 Å². The van der Waals surface area contributed by atoms with Crippen molar-refractivity contribution in [2.75, 3.05) is 0 Å². The number of halogens is 1. The van der Waals surface area contributed by atoms with Gasteiger partial charge in [0.25, 0.3) is 0 Å². The number of carboxylic acids is 1. The highest BCUT2D eigenvalue weighted by Crippen LogP contribution is 2.11. The van der Waals surface area contributed by atoms with Gasteiger partial charge in [-0.25, -0.2) is 9.18 Å². The second-order valence-corrected chi connectivity index (χ2v) is 2.99. The van der Waals surface area contributed by atoms with E-state index in [0.29, 0.717) is 0 Å². The van der Waals surface area contributed by atoms with Crippen LogP contribution >= 0.6 is 0 Å². The Hall–Kier alpha value is -1.71. The Morgan fingerprint density at radius 1 is 1.43 bits per heavy atom. The first-order chi connectivity index (χ1) is 6.50. The van der Waals surface area contributed by atoms with Crippen LogP contribution in [0, 0.1) is 5.82 Å². The summed E-state index contributed by atoms with van der Waals surface area (Å²) >= 11 is 0. The number of hydrogen-bond donors (Lipinski definition) is 1. The third kappa shape index (κ3) is 2.39. The molecule has 0 spiro atoms. The number of rotatable bonds is 3. The van der Waals surface area contributed by atoms with E-state index in [4.69, 9.17) is 5.11 Å². The Morgan fingerprint density at radius 3 is 2.50 bits per heavy atom. The van der Waals surface area contributed by atoms with Gasteiger partial charge in [0, 0.05) is 6.42 Å². The molecule has 4 heteroatoms. The molecule has 14 heavy (non-hydrogen) atoms.